The van der Waals surface area contributed by atoms with Crippen molar-refractivity contribution in [1.82, 2.24) is 25.1 Å². The molecule has 1 fully saturated rings. The molecular weight excluding hydrogens is 523 g/mol. The first-order valence-corrected chi connectivity index (χ1v) is 13.4. The second-order valence-electron chi connectivity index (χ2n) is 10.0. The largest absolute Gasteiger partial charge is 0.507 e. The fourth-order valence-corrected chi connectivity index (χ4v) is 5.17. The third kappa shape index (κ3) is 5.49. The highest BCUT2D eigenvalue weighted by atomic mass is 19.1. The van der Waals surface area contributed by atoms with Gasteiger partial charge in [-0.05, 0) is 55.3 Å². The molecule has 206 valence electrons. The highest BCUT2D eigenvalue weighted by Crippen LogP contribution is 2.38. The SMILES string of the molecule is O=C(Nc1ccc(O)c(-c2cc(C3CCCC3)n(C(=O)NCc3ccccc3F)n2)c1)c1cnc2ccccc2n1. The van der Waals surface area contributed by atoms with E-state index >= 15 is 0 Å². The number of aromatic nitrogens is 4. The first-order valence-electron chi connectivity index (χ1n) is 13.4. The zero-order chi connectivity index (χ0) is 28.3. The number of nitrogens with zero attached hydrogens (tertiary/aromatic N) is 4. The van der Waals surface area contributed by atoms with Crippen LogP contribution in [0.25, 0.3) is 22.3 Å². The number of rotatable bonds is 6. The molecule has 2 aromatic heterocycles. The first kappa shape index (κ1) is 26.1. The van der Waals surface area contributed by atoms with Crippen molar-refractivity contribution in [3.8, 4) is 17.0 Å². The Balaban J connectivity index is 1.27. The maximum absolute atomic E-state index is 14.1. The van der Waals surface area contributed by atoms with Crippen LogP contribution in [0.1, 0.15) is 53.3 Å². The van der Waals surface area contributed by atoms with E-state index in [0.29, 0.717) is 33.5 Å². The van der Waals surface area contributed by atoms with Crippen LogP contribution >= 0.6 is 0 Å². The van der Waals surface area contributed by atoms with E-state index in [-0.39, 0.29) is 23.9 Å². The van der Waals surface area contributed by atoms with Gasteiger partial charge in [0, 0.05) is 29.3 Å². The molecule has 9 nitrogen and oxygen atoms in total. The molecule has 3 aromatic carbocycles. The molecule has 3 N–H and O–H groups in total. The van der Waals surface area contributed by atoms with Gasteiger partial charge >= 0.3 is 6.03 Å². The van der Waals surface area contributed by atoms with Gasteiger partial charge in [0.25, 0.3) is 5.91 Å². The van der Waals surface area contributed by atoms with Crippen molar-refractivity contribution in [3.63, 3.8) is 0 Å². The molecule has 0 aliphatic heterocycles. The van der Waals surface area contributed by atoms with Gasteiger partial charge in [-0.15, -0.1) is 0 Å². The van der Waals surface area contributed by atoms with Crippen LogP contribution < -0.4 is 10.6 Å². The first-order chi connectivity index (χ1) is 20.0. The second-order valence-corrected chi connectivity index (χ2v) is 10.0. The number of carbonyl (C=O) groups excluding carboxylic acids is 2. The third-order valence-electron chi connectivity index (χ3n) is 7.30. The second kappa shape index (κ2) is 11.2. The molecule has 5 aromatic rings. The van der Waals surface area contributed by atoms with Crippen LogP contribution in [0.2, 0.25) is 0 Å². The van der Waals surface area contributed by atoms with Gasteiger partial charge in [0.15, 0.2) is 0 Å². The number of nitrogens with one attached hydrogen (secondary N) is 2. The lowest BCUT2D eigenvalue weighted by atomic mass is 10.0. The van der Waals surface area contributed by atoms with Gasteiger partial charge in [0.2, 0.25) is 0 Å². The molecule has 1 aliphatic rings. The zero-order valence-corrected chi connectivity index (χ0v) is 22.0. The Kier molecular flexibility index (Phi) is 7.11. The number of amides is 2. The molecule has 2 amide bonds. The molecule has 0 saturated heterocycles. The Hall–Kier alpha value is -5.12. The highest BCUT2D eigenvalue weighted by Gasteiger charge is 2.26. The number of halogens is 1. The number of fused-ring (bicyclic) bond motifs is 1. The summed E-state index contributed by atoms with van der Waals surface area (Å²) in [4.78, 5) is 34.9. The lowest BCUT2D eigenvalue weighted by molar-refractivity contribution is 0.102. The molecule has 41 heavy (non-hydrogen) atoms. The Labute approximate surface area is 235 Å². The van der Waals surface area contributed by atoms with Crippen LogP contribution in [0.15, 0.2) is 79.0 Å². The van der Waals surface area contributed by atoms with E-state index in [2.05, 4.69) is 25.7 Å². The average molecular weight is 551 g/mol. The van der Waals surface area contributed by atoms with Crippen molar-refractivity contribution >= 4 is 28.7 Å². The van der Waals surface area contributed by atoms with Gasteiger partial charge < -0.3 is 15.7 Å². The fourth-order valence-electron chi connectivity index (χ4n) is 5.17. The Morgan fingerprint density at radius 3 is 2.54 bits per heavy atom. The van der Waals surface area contributed by atoms with E-state index < -0.39 is 17.8 Å². The predicted octanol–water partition coefficient (Wildman–Crippen LogP) is 6.01. The topological polar surface area (TPSA) is 122 Å². The summed E-state index contributed by atoms with van der Waals surface area (Å²) in [6, 6.07) is 19.5. The molecule has 1 saturated carbocycles. The number of carbonyl (C=O) groups is 2. The van der Waals surface area contributed by atoms with Crippen molar-refractivity contribution in [2.75, 3.05) is 5.32 Å². The molecule has 0 atom stereocenters. The van der Waals surface area contributed by atoms with Crippen molar-refractivity contribution in [2.24, 2.45) is 0 Å². The molecule has 2 heterocycles. The molecular formula is C31H27FN6O3. The van der Waals surface area contributed by atoms with E-state index in [4.69, 9.17) is 0 Å². The zero-order valence-electron chi connectivity index (χ0n) is 22.0. The van der Waals surface area contributed by atoms with Gasteiger partial charge in [-0.2, -0.15) is 9.78 Å². The number of benzene rings is 3. The number of aromatic hydroxyl groups is 1. The number of hydrogen-bond donors (Lipinski definition) is 3. The van der Waals surface area contributed by atoms with Crippen LogP contribution in [-0.2, 0) is 6.54 Å². The van der Waals surface area contributed by atoms with Crippen molar-refractivity contribution < 1.29 is 19.1 Å². The maximum atomic E-state index is 14.1. The van der Waals surface area contributed by atoms with Crippen LogP contribution in [0.3, 0.4) is 0 Å². The van der Waals surface area contributed by atoms with Crippen LogP contribution in [-0.4, -0.2) is 36.8 Å². The lowest BCUT2D eigenvalue weighted by Crippen LogP contribution is -2.31. The summed E-state index contributed by atoms with van der Waals surface area (Å²) in [5.74, 6) is -0.775. The number of phenols is 1. The molecule has 10 heteroatoms. The molecule has 0 radical (unpaired) electrons. The van der Waals surface area contributed by atoms with Crippen LogP contribution in [0.4, 0.5) is 14.9 Å². The van der Waals surface area contributed by atoms with E-state index in [1.807, 2.05) is 18.2 Å². The summed E-state index contributed by atoms with van der Waals surface area (Å²) in [6.45, 7) is 0.00916. The molecule has 0 spiro atoms. The normalized spacial score (nSPS) is 13.4. The minimum atomic E-state index is -0.486. The molecule has 0 unspecified atom stereocenters. The number of phenolic OH excluding ortho intramolecular Hbond substituents is 1. The average Bonchev–Trinajstić information content (AvgIpc) is 3.68. The smallest absolute Gasteiger partial charge is 0.342 e. The van der Waals surface area contributed by atoms with Gasteiger partial charge in [0.05, 0.1) is 28.6 Å². The van der Waals surface area contributed by atoms with E-state index in [9.17, 15) is 19.1 Å². The highest BCUT2D eigenvalue weighted by molar-refractivity contribution is 6.04. The van der Waals surface area contributed by atoms with E-state index in [1.165, 1.54) is 23.0 Å². The lowest BCUT2D eigenvalue weighted by Gasteiger charge is -2.12. The Morgan fingerprint density at radius 1 is 0.976 bits per heavy atom. The summed E-state index contributed by atoms with van der Waals surface area (Å²) in [5.41, 5.74) is 3.68. The summed E-state index contributed by atoms with van der Waals surface area (Å²) in [6.07, 6.45) is 5.34. The molecule has 1 aliphatic carbocycles. The van der Waals surface area contributed by atoms with E-state index in [1.54, 1.807) is 42.5 Å². The van der Waals surface area contributed by atoms with Crippen LogP contribution in [0, 0.1) is 5.82 Å². The van der Waals surface area contributed by atoms with Crippen molar-refractivity contribution in [2.45, 2.75) is 38.1 Å². The molecule has 0 bridgehead atoms. The monoisotopic (exact) mass is 550 g/mol. The Morgan fingerprint density at radius 2 is 1.73 bits per heavy atom. The maximum Gasteiger partial charge on any atom is 0.342 e. The fraction of sp³-hybridized carbons (Fsp3) is 0.194. The summed E-state index contributed by atoms with van der Waals surface area (Å²) in [7, 11) is 0. The minimum absolute atomic E-state index is 0.00916. The third-order valence-corrected chi connectivity index (χ3v) is 7.30. The van der Waals surface area contributed by atoms with Crippen molar-refractivity contribution in [1.29, 1.82) is 0 Å². The summed E-state index contributed by atoms with van der Waals surface area (Å²) in [5, 5.41) is 20.8. The van der Waals surface area contributed by atoms with Gasteiger partial charge in [-0.1, -0.05) is 43.2 Å². The standard InChI is InChI=1S/C31H27FN6O3/c32-23-10-4-3-9-20(23)17-34-31(41)38-28(19-7-1-2-8-19)16-26(37-38)22-15-21(13-14-29(22)39)35-30(40)27-18-33-24-11-5-6-12-25(24)36-27/h3-6,9-16,18-19,39H,1-2,7-8,17H2,(H,34,41)(H,35,40). The quantitative estimate of drug-likeness (QED) is 0.223. The van der Waals surface area contributed by atoms with Crippen molar-refractivity contribution in [3.05, 3.63) is 102 Å². The van der Waals surface area contributed by atoms with Gasteiger partial charge in [-0.25, -0.2) is 14.2 Å². The number of hydrogen-bond acceptors (Lipinski definition) is 6. The van der Waals surface area contributed by atoms with Crippen LogP contribution in [0.5, 0.6) is 5.75 Å². The van der Waals surface area contributed by atoms with Gasteiger partial charge in [0.1, 0.15) is 17.3 Å². The minimum Gasteiger partial charge on any atom is -0.507 e. The van der Waals surface area contributed by atoms with Gasteiger partial charge in [-0.3, -0.25) is 9.78 Å². The van der Waals surface area contributed by atoms with E-state index in [0.717, 1.165) is 31.4 Å². The Bertz CT molecular complexity index is 1760. The number of para-hydroxylation sites is 2. The predicted molar refractivity (Wildman–Crippen MR) is 152 cm³/mol. The number of anilines is 1. The molecule has 6 rings (SSSR count). The summed E-state index contributed by atoms with van der Waals surface area (Å²) >= 11 is 0. The summed E-state index contributed by atoms with van der Waals surface area (Å²) < 4.78 is 15.4.